The van der Waals surface area contributed by atoms with Gasteiger partial charge in [0.05, 0.1) is 0 Å². The van der Waals surface area contributed by atoms with E-state index in [4.69, 9.17) is 4.42 Å². The lowest BCUT2D eigenvalue weighted by Crippen LogP contribution is -2.14. The maximum atomic E-state index is 13.5. The van der Waals surface area contributed by atoms with Crippen molar-refractivity contribution in [2.24, 2.45) is 0 Å². The van der Waals surface area contributed by atoms with Crippen molar-refractivity contribution in [2.45, 2.75) is 12.8 Å². The molecule has 1 N–H and O–H groups in total. The summed E-state index contributed by atoms with van der Waals surface area (Å²) in [6.07, 6.45) is 0.131. The molecule has 3 rings (SSSR count). The number of nitrogens with zero attached hydrogens (tertiary/aromatic N) is 2. The number of para-hydroxylation sites is 1. The molecule has 0 unspecified atom stereocenters. The topological polar surface area (TPSA) is 68.0 Å². The minimum Gasteiger partial charge on any atom is -0.421 e. The van der Waals surface area contributed by atoms with Crippen molar-refractivity contribution in [3.63, 3.8) is 0 Å². The van der Waals surface area contributed by atoms with Crippen molar-refractivity contribution in [3.8, 4) is 11.5 Å². The molecular formula is C17H13F2N3O2. The molecule has 3 aromatic rings. The molecule has 0 aliphatic rings. The third-order valence-electron chi connectivity index (χ3n) is 3.28. The Bertz CT molecular complexity index is 830. The minimum absolute atomic E-state index is 0.0375. The molecule has 0 radical (unpaired) electrons. The van der Waals surface area contributed by atoms with Gasteiger partial charge in [-0.3, -0.25) is 4.79 Å². The van der Waals surface area contributed by atoms with Crippen LogP contribution in [0.4, 0.5) is 14.5 Å². The van der Waals surface area contributed by atoms with Gasteiger partial charge in [-0.15, -0.1) is 10.2 Å². The van der Waals surface area contributed by atoms with E-state index in [0.717, 1.165) is 17.7 Å². The summed E-state index contributed by atoms with van der Waals surface area (Å²) in [6.45, 7) is 0. The fraction of sp³-hybridized carbons (Fsp3) is 0.118. The molecule has 1 aromatic heterocycles. The fourth-order valence-electron chi connectivity index (χ4n) is 2.09. The Morgan fingerprint density at radius 1 is 1.00 bits per heavy atom. The average molecular weight is 329 g/mol. The lowest BCUT2D eigenvalue weighted by atomic mass is 10.2. The lowest BCUT2D eigenvalue weighted by Gasteiger charge is -2.06. The van der Waals surface area contributed by atoms with Crippen molar-refractivity contribution in [3.05, 3.63) is 66.1 Å². The van der Waals surface area contributed by atoms with Gasteiger partial charge in [0.15, 0.2) is 0 Å². The molecule has 7 heteroatoms. The molecule has 0 saturated heterocycles. The summed E-state index contributed by atoms with van der Waals surface area (Å²) in [6, 6.07) is 12.6. The molecule has 1 heterocycles. The highest BCUT2D eigenvalue weighted by molar-refractivity contribution is 5.91. The Morgan fingerprint density at radius 3 is 2.42 bits per heavy atom. The third kappa shape index (κ3) is 3.62. The maximum absolute atomic E-state index is 13.5. The summed E-state index contributed by atoms with van der Waals surface area (Å²) in [5.74, 6) is -1.57. The van der Waals surface area contributed by atoms with Crippen LogP contribution in [0.2, 0.25) is 0 Å². The van der Waals surface area contributed by atoms with Crippen LogP contribution < -0.4 is 5.32 Å². The number of aryl methyl sites for hydroxylation is 1. The Kier molecular flexibility index (Phi) is 4.60. The number of nitrogens with one attached hydrogen (secondary N) is 1. The maximum Gasteiger partial charge on any atom is 0.247 e. The van der Waals surface area contributed by atoms with Gasteiger partial charge in [0, 0.05) is 18.4 Å². The van der Waals surface area contributed by atoms with Crippen LogP contribution in [0.25, 0.3) is 11.5 Å². The van der Waals surface area contributed by atoms with Gasteiger partial charge in [0.2, 0.25) is 17.7 Å². The normalized spacial score (nSPS) is 10.6. The highest BCUT2D eigenvalue weighted by Crippen LogP contribution is 2.19. The second-order valence-corrected chi connectivity index (χ2v) is 5.01. The quantitative estimate of drug-likeness (QED) is 0.777. The first kappa shape index (κ1) is 15.8. The van der Waals surface area contributed by atoms with Crippen LogP contribution in [-0.2, 0) is 11.2 Å². The number of benzene rings is 2. The van der Waals surface area contributed by atoms with Gasteiger partial charge in [-0.2, -0.15) is 0 Å². The van der Waals surface area contributed by atoms with E-state index >= 15 is 0 Å². The van der Waals surface area contributed by atoms with E-state index in [1.54, 1.807) is 0 Å². The fourth-order valence-corrected chi connectivity index (χ4v) is 2.09. The lowest BCUT2D eigenvalue weighted by molar-refractivity contribution is -0.116. The van der Waals surface area contributed by atoms with E-state index in [9.17, 15) is 13.6 Å². The second-order valence-electron chi connectivity index (χ2n) is 5.01. The first-order chi connectivity index (χ1) is 11.6. The van der Waals surface area contributed by atoms with Gasteiger partial charge in [0.25, 0.3) is 0 Å². The molecule has 0 saturated carbocycles. The van der Waals surface area contributed by atoms with Gasteiger partial charge in [-0.1, -0.05) is 24.3 Å². The highest BCUT2D eigenvalue weighted by Gasteiger charge is 2.14. The molecule has 24 heavy (non-hydrogen) atoms. The van der Waals surface area contributed by atoms with E-state index in [1.807, 2.05) is 30.3 Å². The standard InChI is InChI=1S/C17H13F2N3O2/c18-12-7-4-8-13(19)16(12)20-14(23)9-10-15-21-22-17(24-15)11-5-2-1-3-6-11/h1-8H,9-10H2,(H,20,23). The van der Waals surface area contributed by atoms with E-state index in [-0.39, 0.29) is 18.7 Å². The zero-order chi connectivity index (χ0) is 16.9. The number of amides is 1. The number of carbonyl (C=O) groups excluding carboxylic acids is 1. The molecule has 5 nitrogen and oxygen atoms in total. The van der Waals surface area contributed by atoms with Crippen LogP contribution >= 0.6 is 0 Å². The van der Waals surface area contributed by atoms with Gasteiger partial charge in [-0.05, 0) is 24.3 Å². The number of aromatic nitrogens is 2. The minimum atomic E-state index is -0.826. The summed E-state index contributed by atoms with van der Waals surface area (Å²) >= 11 is 0. The van der Waals surface area contributed by atoms with Crippen LogP contribution in [0, 0.1) is 11.6 Å². The summed E-state index contributed by atoms with van der Waals surface area (Å²) in [5.41, 5.74) is 0.312. The zero-order valence-corrected chi connectivity index (χ0v) is 12.5. The highest BCUT2D eigenvalue weighted by atomic mass is 19.1. The Balaban J connectivity index is 1.60. The van der Waals surface area contributed by atoms with Crippen LogP contribution in [-0.4, -0.2) is 16.1 Å². The van der Waals surface area contributed by atoms with Crippen molar-refractivity contribution in [2.75, 3.05) is 5.32 Å². The first-order valence-corrected chi connectivity index (χ1v) is 7.25. The number of rotatable bonds is 5. The van der Waals surface area contributed by atoms with Gasteiger partial charge >= 0.3 is 0 Å². The van der Waals surface area contributed by atoms with E-state index in [2.05, 4.69) is 15.5 Å². The summed E-state index contributed by atoms with van der Waals surface area (Å²) in [4.78, 5) is 11.8. The third-order valence-corrected chi connectivity index (χ3v) is 3.28. The second kappa shape index (κ2) is 6.99. The van der Waals surface area contributed by atoms with E-state index in [1.165, 1.54) is 6.07 Å². The van der Waals surface area contributed by atoms with Crippen LogP contribution in [0.3, 0.4) is 0 Å². The van der Waals surface area contributed by atoms with Crippen molar-refractivity contribution >= 4 is 11.6 Å². The summed E-state index contributed by atoms with van der Waals surface area (Å²) in [7, 11) is 0. The number of carbonyl (C=O) groups is 1. The van der Waals surface area contributed by atoms with E-state index in [0.29, 0.717) is 5.89 Å². The van der Waals surface area contributed by atoms with Crippen LogP contribution in [0.15, 0.2) is 52.9 Å². The molecule has 0 aliphatic heterocycles. The molecule has 0 fully saturated rings. The first-order valence-electron chi connectivity index (χ1n) is 7.25. The Labute approximate surface area is 136 Å². The predicted molar refractivity (Wildman–Crippen MR) is 83.0 cm³/mol. The van der Waals surface area contributed by atoms with Gasteiger partial charge < -0.3 is 9.73 Å². The molecule has 0 bridgehead atoms. The van der Waals surface area contributed by atoms with E-state index < -0.39 is 23.2 Å². The number of hydrogen-bond acceptors (Lipinski definition) is 4. The molecule has 0 atom stereocenters. The van der Waals surface area contributed by atoms with Crippen molar-refractivity contribution < 1.29 is 18.0 Å². The van der Waals surface area contributed by atoms with Gasteiger partial charge in [-0.25, -0.2) is 8.78 Å². The SMILES string of the molecule is O=C(CCc1nnc(-c2ccccc2)o1)Nc1c(F)cccc1F. The number of hydrogen-bond donors (Lipinski definition) is 1. The molecular weight excluding hydrogens is 316 g/mol. The number of halogens is 2. The smallest absolute Gasteiger partial charge is 0.247 e. The summed E-state index contributed by atoms with van der Waals surface area (Å²) < 4.78 is 32.4. The molecule has 122 valence electrons. The van der Waals surface area contributed by atoms with Gasteiger partial charge in [0.1, 0.15) is 17.3 Å². The Hall–Kier alpha value is -3.09. The van der Waals surface area contributed by atoms with Crippen LogP contribution in [0.5, 0.6) is 0 Å². The van der Waals surface area contributed by atoms with Crippen LogP contribution in [0.1, 0.15) is 12.3 Å². The average Bonchev–Trinajstić information content (AvgIpc) is 3.06. The monoisotopic (exact) mass is 329 g/mol. The molecule has 0 aliphatic carbocycles. The zero-order valence-electron chi connectivity index (χ0n) is 12.5. The molecule has 0 spiro atoms. The Morgan fingerprint density at radius 2 is 1.71 bits per heavy atom. The number of anilines is 1. The summed E-state index contributed by atoms with van der Waals surface area (Å²) in [5, 5.41) is 9.98. The van der Waals surface area contributed by atoms with Crippen molar-refractivity contribution in [1.82, 2.24) is 10.2 Å². The largest absolute Gasteiger partial charge is 0.421 e. The molecule has 2 aromatic carbocycles. The molecule has 1 amide bonds. The van der Waals surface area contributed by atoms with Crippen molar-refractivity contribution in [1.29, 1.82) is 0 Å². The predicted octanol–water partition coefficient (Wildman–Crippen LogP) is 3.59.